The Kier molecular flexibility index (Phi) is 12.5. The molecule has 0 aromatic heterocycles. The number of nitrogens with zero attached hydrogens (tertiary/aromatic N) is 1. The minimum atomic E-state index is -0.355. The Morgan fingerprint density at radius 2 is 0.618 bits per heavy atom. The van der Waals surface area contributed by atoms with Gasteiger partial charge in [0, 0.05) is 53.8 Å². The second-order valence-corrected chi connectivity index (χ2v) is 13.5. The predicted octanol–water partition coefficient (Wildman–Crippen LogP) is 10.7. The molecule has 0 unspecified atom stereocenters. The SMILES string of the molecule is Cc1ccc(NC(=O)Nc2ccccc2CN(Cc2ccccc2NC(=O)Nc2ccc(C)cc2)Cc2ccccc2NC(=O)Nc2ccc(C)cc2)cc1. The van der Waals surface area contributed by atoms with Crippen LogP contribution in [0.5, 0.6) is 0 Å². The van der Waals surface area contributed by atoms with E-state index >= 15 is 0 Å². The third-order valence-electron chi connectivity index (χ3n) is 8.91. The number of hydrogen-bond donors (Lipinski definition) is 6. The number of hydrogen-bond acceptors (Lipinski definition) is 4. The van der Waals surface area contributed by atoms with Gasteiger partial charge in [-0.3, -0.25) is 4.90 Å². The van der Waals surface area contributed by atoms with Gasteiger partial charge in [0.25, 0.3) is 0 Å². The standard InChI is InChI=1S/C45H45N7O3/c1-31-16-22-37(23-17-31)46-43(53)49-40-13-7-4-10-34(40)28-52(29-35-11-5-8-14-41(35)50-44(54)47-38-24-18-32(2)19-25-38)30-36-12-6-9-15-42(36)51-45(55)48-39-26-20-33(3)21-27-39/h4-27H,28-30H2,1-3H3,(H2,46,49,53)(H2,47,50,54)(H2,48,51,55). The largest absolute Gasteiger partial charge is 0.323 e. The van der Waals surface area contributed by atoms with Gasteiger partial charge in [0.1, 0.15) is 0 Å². The van der Waals surface area contributed by atoms with Crippen LogP contribution in [-0.4, -0.2) is 23.0 Å². The van der Waals surface area contributed by atoms with Gasteiger partial charge in [-0.15, -0.1) is 0 Å². The van der Waals surface area contributed by atoms with E-state index in [1.807, 2.05) is 166 Å². The van der Waals surface area contributed by atoms with Crippen LogP contribution in [0.1, 0.15) is 33.4 Å². The van der Waals surface area contributed by atoms with Crippen LogP contribution in [0.2, 0.25) is 0 Å². The molecule has 6 amide bonds. The molecule has 0 radical (unpaired) electrons. The highest BCUT2D eigenvalue weighted by Gasteiger charge is 2.18. The smallest absolute Gasteiger partial charge is 0.308 e. The lowest BCUT2D eigenvalue weighted by Crippen LogP contribution is -2.27. The highest BCUT2D eigenvalue weighted by molar-refractivity contribution is 6.01. The molecule has 0 saturated heterocycles. The summed E-state index contributed by atoms with van der Waals surface area (Å²) in [4.78, 5) is 41.6. The Labute approximate surface area is 322 Å². The summed E-state index contributed by atoms with van der Waals surface area (Å²) in [7, 11) is 0. The number of para-hydroxylation sites is 3. The van der Waals surface area contributed by atoms with Crippen LogP contribution >= 0.6 is 0 Å². The average Bonchev–Trinajstić information content (AvgIpc) is 3.17. The van der Waals surface area contributed by atoms with Gasteiger partial charge < -0.3 is 31.9 Å². The monoisotopic (exact) mass is 731 g/mol. The maximum absolute atomic E-state index is 13.1. The van der Waals surface area contributed by atoms with Crippen LogP contribution in [0.3, 0.4) is 0 Å². The number of urea groups is 3. The van der Waals surface area contributed by atoms with Crippen LogP contribution in [0.15, 0.2) is 146 Å². The van der Waals surface area contributed by atoms with Crippen molar-refractivity contribution in [3.8, 4) is 0 Å². The highest BCUT2D eigenvalue weighted by Crippen LogP contribution is 2.26. The number of benzene rings is 6. The van der Waals surface area contributed by atoms with Crippen molar-refractivity contribution in [3.05, 3.63) is 179 Å². The second kappa shape index (κ2) is 18.2. The summed E-state index contributed by atoms with van der Waals surface area (Å²) in [5.41, 5.74) is 9.98. The molecule has 6 N–H and O–H groups in total. The number of rotatable bonds is 12. The Bertz CT molecular complexity index is 1980. The molecule has 0 aliphatic heterocycles. The van der Waals surface area contributed by atoms with E-state index in [-0.39, 0.29) is 18.1 Å². The first-order chi connectivity index (χ1) is 26.7. The zero-order chi connectivity index (χ0) is 38.6. The van der Waals surface area contributed by atoms with Crippen LogP contribution in [0.25, 0.3) is 0 Å². The minimum Gasteiger partial charge on any atom is -0.308 e. The van der Waals surface area contributed by atoms with Crippen LogP contribution in [0, 0.1) is 20.8 Å². The first-order valence-corrected chi connectivity index (χ1v) is 18.1. The first kappa shape index (κ1) is 37.8. The van der Waals surface area contributed by atoms with Crippen molar-refractivity contribution in [2.45, 2.75) is 40.4 Å². The van der Waals surface area contributed by atoms with E-state index in [1.165, 1.54) is 0 Å². The van der Waals surface area contributed by atoms with Crippen molar-refractivity contribution >= 4 is 52.2 Å². The molecular weight excluding hydrogens is 687 g/mol. The van der Waals surface area contributed by atoms with E-state index in [1.54, 1.807) is 0 Å². The average molecular weight is 732 g/mol. The van der Waals surface area contributed by atoms with Crippen molar-refractivity contribution in [1.29, 1.82) is 0 Å². The molecule has 0 saturated carbocycles. The predicted molar refractivity (Wildman–Crippen MR) is 224 cm³/mol. The van der Waals surface area contributed by atoms with Gasteiger partial charge in [0.15, 0.2) is 0 Å². The zero-order valence-corrected chi connectivity index (χ0v) is 31.1. The lowest BCUT2D eigenvalue weighted by molar-refractivity contribution is 0.248. The number of aryl methyl sites for hydroxylation is 3. The summed E-state index contributed by atoms with van der Waals surface area (Å²) in [6.07, 6.45) is 0. The van der Waals surface area contributed by atoms with E-state index in [4.69, 9.17) is 0 Å². The van der Waals surface area contributed by atoms with Crippen molar-refractivity contribution in [2.24, 2.45) is 0 Å². The Hall–Kier alpha value is -6.91. The minimum absolute atomic E-state index is 0.355. The highest BCUT2D eigenvalue weighted by atomic mass is 16.2. The molecule has 0 heterocycles. The van der Waals surface area contributed by atoms with Gasteiger partial charge in [-0.25, -0.2) is 14.4 Å². The van der Waals surface area contributed by atoms with Crippen LogP contribution in [0.4, 0.5) is 48.5 Å². The van der Waals surface area contributed by atoms with Crippen molar-refractivity contribution in [3.63, 3.8) is 0 Å². The molecule has 6 rings (SSSR count). The third kappa shape index (κ3) is 11.3. The number of anilines is 6. The molecule has 10 nitrogen and oxygen atoms in total. The second-order valence-electron chi connectivity index (χ2n) is 13.5. The lowest BCUT2D eigenvalue weighted by Gasteiger charge is -2.26. The fourth-order valence-corrected chi connectivity index (χ4v) is 6.00. The fourth-order valence-electron chi connectivity index (χ4n) is 6.00. The number of carbonyl (C=O) groups excluding carboxylic acids is 3. The van der Waals surface area contributed by atoms with Gasteiger partial charge >= 0.3 is 18.1 Å². The summed E-state index contributed by atoms with van der Waals surface area (Å²) < 4.78 is 0. The van der Waals surface area contributed by atoms with Gasteiger partial charge in [-0.1, -0.05) is 108 Å². The molecule has 6 aromatic carbocycles. The molecule has 0 atom stereocenters. The first-order valence-electron chi connectivity index (χ1n) is 18.1. The maximum atomic E-state index is 13.1. The number of carbonyl (C=O) groups is 3. The molecule has 10 heteroatoms. The Balaban J connectivity index is 1.24. The van der Waals surface area contributed by atoms with Crippen molar-refractivity contribution < 1.29 is 14.4 Å². The summed E-state index contributed by atoms with van der Waals surface area (Å²) in [5.74, 6) is 0. The summed E-state index contributed by atoms with van der Waals surface area (Å²) >= 11 is 0. The molecule has 0 aliphatic carbocycles. The van der Waals surface area contributed by atoms with E-state index in [0.717, 1.165) is 33.4 Å². The van der Waals surface area contributed by atoms with Gasteiger partial charge in [0.2, 0.25) is 0 Å². The summed E-state index contributed by atoms with van der Waals surface area (Å²) in [5, 5.41) is 17.8. The number of nitrogens with one attached hydrogen (secondary N) is 6. The topological polar surface area (TPSA) is 127 Å². The Morgan fingerprint density at radius 1 is 0.364 bits per heavy atom. The summed E-state index contributed by atoms with van der Waals surface area (Å²) in [6.45, 7) is 7.26. The van der Waals surface area contributed by atoms with Crippen molar-refractivity contribution in [1.82, 2.24) is 4.90 Å². The van der Waals surface area contributed by atoms with E-state index in [9.17, 15) is 14.4 Å². The maximum Gasteiger partial charge on any atom is 0.323 e. The lowest BCUT2D eigenvalue weighted by atomic mass is 10.1. The molecule has 55 heavy (non-hydrogen) atoms. The molecule has 0 bridgehead atoms. The fraction of sp³-hybridized carbons (Fsp3) is 0.133. The van der Waals surface area contributed by atoms with Gasteiger partial charge in [-0.2, -0.15) is 0 Å². The van der Waals surface area contributed by atoms with Gasteiger partial charge in [-0.05, 0) is 92.1 Å². The van der Waals surface area contributed by atoms with E-state index < -0.39 is 0 Å². The van der Waals surface area contributed by atoms with Crippen molar-refractivity contribution in [2.75, 3.05) is 31.9 Å². The quantitative estimate of drug-likeness (QED) is 0.0749. The molecule has 0 aliphatic rings. The van der Waals surface area contributed by atoms with Crippen LogP contribution < -0.4 is 31.9 Å². The van der Waals surface area contributed by atoms with E-state index in [2.05, 4.69) is 36.8 Å². The van der Waals surface area contributed by atoms with Gasteiger partial charge in [0.05, 0.1) is 0 Å². The molecule has 0 spiro atoms. The summed E-state index contributed by atoms with van der Waals surface area (Å²) in [6, 6.07) is 44.8. The molecular formula is C45H45N7O3. The van der Waals surface area contributed by atoms with Crippen LogP contribution in [-0.2, 0) is 19.6 Å². The Morgan fingerprint density at radius 3 is 0.891 bits per heavy atom. The van der Waals surface area contributed by atoms with E-state index in [0.29, 0.717) is 53.8 Å². The molecule has 6 aromatic rings. The number of amides is 6. The normalized spacial score (nSPS) is 10.7. The molecule has 278 valence electrons. The molecule has 0 fully saturated rings. The third-order valence-corrected chi connectivity index (χ3v) is 8.91. The zero-order valence-electron chi connectivity index (χ0n) is 31.1.